The quantitative estimate of drug-likeness (QED) is 0.639. The van der Waals surface area contributed by atoms with Crippen LogP contribution in [0.25, 0.3) is 0 Å². The Bertz CT molecular complexity index is 172. The molecule has 0 aromatic rings. The summed E-state index contributed by atoms with van der Waals surface area (Å²) in [6, 6.07) is 0.494. The summed E-state index contributed by atoms with van der Waals surface area (Å²) < 4.78 is 5.28. The molecule has 4 nitrogen and oxygen atoms in total. The number of hydrogen-bond acceptors (Lipinski definition) is 3. The second kappa shape index (κ2) is 5.19. The van der Waals surface area contributed by atoms with Gasteiger partial charge < -0.3 is 14.7 Å². The number of aliphatic carboxylic acids is 1. The minimum absolute atomic E-state index is 0.108. The van der Waals surface area contributed by atoms with Crippen LogP contribution in [0.3, 0.4) is 0 Å². The van der Waals surface area contributed by atoms with Crippen LogP contribution < -0.4 is 0 Å². The maximum Gasteiger partial charge on any atom is 0.305 e. The molecule has 0 aromatic heterocycles. The van der Waals surface area contributed by atoms with Crippen molar-refractivity contribution in [3.8, 4) is 0 Å². The topological polar surface area (TPSA) is 49.8 Å². The molecule has 1 aliphatic rings. The standard InChI is InChI=1S/C9H17NO3/c1-10-5-2-3-8(10)7-13-6-4-9(11)12/h8H,2-7H2,1H3,(H,11,12)/t8-/m0/s1. The number of likely N-dealkylation sites (tertiary alicyclic amines) is 1. The number of carboxylic acids is 1. The fourth-order valence-corrected chi connectivity index (χ4v) is 1.57. The van der Waals surface area contributed by atoms with Crippen molar-refractivity contribution in [1.29, 1.82) is 0 Å². The lowest BCUT2D eigenvalue weighted by Crippen LogP contribution is -2.29. The van der Waals surface area contributed by atoms with Crippen LogP contribution in [0, 0.1) is 0 Å². The molecule has 0 bridgehead atoms. The molecule has 0 unspecified atom stereocenters. The van der Waals surface area contributed by atoms with Gasteiger partial charge in [0, 0.05) is 6.04 Å². The van der Waals surface area contributed by atoms with Crippen LogP contribution in [0.5, 0.6) is 0 Å². The molecule has 0 aromatic carbocycles. The number of rotatable bonds is 5. The van der Waals surface area contributed by atoms with Crippen molar-refractivity contribution < 1.29 is 14.6 Å². The van der Waals surface area contributed by atoms with Gasteiger partial charge in [0.2, 0.25) is 0 Å². The lowest BCUT2D eigenvalue weighted by molar-refractivity contribution is -0.138. The summed E-state index contributed by atoms with van der Waals surface area (Å²) in [5.41, 5.74) is 0. The van der Waals surface area contributed by atoms with Crippen molar-refractivity contribution in [3.05, 3.63) is 0 Å². The largest absolute Gasteiger partial charge is 0.481 e. The van der Waals surface area contributed by atoms with E-state index in [2.05, 4.69) is 11.9 Å². The molecule has 0 aliphatic carbocycles. The number of likely N-dealkylation sites (N-methyl/N-ethyl adjacent to an activating group) is 1. The Morgan fingerprint density at radius 3 is 3.00 bits per heavy atom. The van der Waals surface area contributed by atoms with E-state index in [4.69, 9.17) is 9.84 Å². The Balaban J connectivity index is 2.02. The van der Waals surface area contributed by atoms with Crippen LogP contribution >= 0.6 is 0 Å². The van der Waals surface area contributed by atoms with Gasteiger partial charge in [-0.15, -0.1) is 0 Å². The fourth-order valence-electron chi connectivity index (χ4n) is 1.57. The van der Waals surface area contributed by atoms with Crippen molar-refractivity contribution in [2.45, 2.75) is 25.3 Å². The molecule has 4 heteroatoms. The third-order valence-electron chi connectivity index (χ3n) is 2.44. The molecule has 1 rings (SSSR count). The summed E-state index contributed by atoms with van der Waals surface area (Å²) >= 11 is 0. The molecule has 1 heterocycles. The summed E-state index contributed by atoms with van der Waals surface area (Å²) in [7, 11) is 2.08. The summed E-state index contributed by atoms with van der Waals surface area (Å²) in [6.07, 6.45) is 2.50. The van der Waals surface area contributed by atoms with Gasteiger partial charge in [0.1, 0.15) is 0 Å². The SMILES string of the molecule is CN1CCC[C@H]1COCCC(=O)O. The van der Waals surface area contributed by atoms with Gasteiger partial charge in [-0.05, 0) is 26.4 Å². The average molecular weight is 187 g/mol. The molecule has 13 heavy (non-hydrogen) atoms. The van der Waals surface area contributed by atoms with E-state index in [1.807, 2.05) is 0 Å². The number of carbonyl (C=O) groups is 1. The lowest BCUT2D eigenvalue weighted by atomic mass is 10.2. The Kier molecular flexibility index (Phi) is 4.18. The van der Waals surface area contributed by atoms with Crippen molar-refractivity contribution in [3.63, 3.8) is 0 Å². The molecule has 0 amide bonds. The highest BCUT2D eigenvalue weighted by atomic mass is 16.5. The minimum Gasteiger partial charge on any atom is -0.481 e. The van der Waals surface area contributed by atoms with E-state index in [0.29, 0.717) is 19.3 Å². The monoisotopic (exact) mass is 187 g/mol. The summed E-state index contributed by atoms with van der Waals surface area (Å²) in [4.78, 5) is 12.4. The first-order valence-electron chi connectivity index (χ1n) is 4.70. The van der Waals surface area contributed by atoms with Crippen LogP contribution in [-0.2, 0) is 9.53 Å². The van der Waals surface area contributed by atoms with Gasteiger partial charge in [0.05, 0.1) is 19.6 Å². The van der Waals surface area contributed by atoms with Crippen LogP contribution in [0.2, 0.25) is 0 Å². The van der Waals surface area contributed by atoms with Crippen LogP contribution in [0.15, 0.2) is 0 Å². The predicted octanol–water partition coefficient (Wildman–Crippen LogP) is 0.572. The Labute approximate surface area is 78.5 Å². The third kappa shape index (κ3) is 3.74. The van der Waals surface area contributed by atoms with Crippen LogP contribution in [-0.4, -0.2) is 48.8 Å². The first kappa shape index (κ1) is 10.5. The van der Waals surface area contributed by atoms with E-state index in [1.54, 1.807) is 0 Å². The van der Waals surface area contributed by atoms with Crippen LogP contribution in [0.1, 0.15) is 19.3 Å². The molecular formula is C9H17NO3. The van der Waals surface area contributed by atoms with Crippen molar-refractivity contribution in [2.75, 3.05) is 26.8 Å². The second-order valence-electron chi connectivity index (χ2n) is 3.50. The zero-order valence-corrected chi connectivity index (χ0v) is 8.03. The summed E-state index contributed by atoms with van der Waals surface area (Å²) in [5, 5.41) is 8.37. The first-order chi connectivity index (χ1) is 6.20. The third-order valence-corrected chi connectivity index (χ3v) is 2.44. The van der Waals surface area contributed by atoms with Crippen molar-refractivity contribution in [2.24, 2.45) is 0 Å². The zero-order valence-electron chi connectivity index (χ0n) is 8.03. The van der Waals surface area contributed by atoms with Gasteiger partial charge in [-0.1, -0.05) is 0 Å². The van der Waals surface area contributed by atoms with Gasteiger partial charge in [-0.2, -0.15) is 0 Å². The fraction of sp³-hybridized carbons (Fsp3) is 0.889. The van der Waals surface area contributed by atoms with Gasteiger partial charge in [-0.25, -0.2) is 0 Å². The Hall–Kier alpha value is -0.610. The molecule has 1 N–H and O–H groups in total. The molecule has 1 aliphatic heterocycles. The van der Waals surface area contributed by atoms with E-state index >= 15 is 0 Å². The smallest absolute Gasteiger partial charge is 0.305 e. The molecule has 1 saturated heterocycles. The van der Waals surface area contributed by atoms with Crippen LogP contribution in [0.4, 0.5) is 0 Å². The second-order valence-corrected chi connectivity index (χ2v) is 3.50. The molecule has 1 fully saturated rings. The molecule has 1 atom stereocenters. The van der Waals surface area contributed by atoms with Gasteiger partial charge in [-0.3, -0.25) is 4.79 Å². The summed E-state index contributed by atoms with van der Waals surface area (Å²) in [5.74, 6) is -0.792. The number of nitrogens with zero attached hydrogens (tertiary/aromatic N) is 1. The first-order valence-corrected chi connectivity index (χ1v) is 4.70. The highest BCUT2D eigenvalue weighted by Gasteiger charge is 2.20. The number of carboxylic acid groups (broad SMARTS) is 1. The van der Waals surface area contributed by atoms with E-state index in [-0.39, 0.29) is 6.42 Å². The van der Waals surface area contributed by atoms with Crippen molar-refractivity contribution >= 4 is 5.97 Å². The normalized spacial score (nSPS) is 23.6. The number of ether oxygens (including phenoxy) is 1. The van der Waals surface area contributed by atoms with Gasteiger partial charge >= 0.3 is 5.97 Å². The maximum absolute atomic E-state index is 10.2. The Morgan fingerprint density at radius 1 is 1.69 bits per heavy atom. The molecule has 0 saturated carbocycles. The predicted molar refractivity (Wildman–Crippen MR) is 48.7 cm³/mol. The molecular weight excluding hydrogens is 170 g/mol. The van der Waals surface area contributed by atoms with Gasteiger partial charge in [0.15, 0.2) is 0 Å². The zero-order chi connectivity index (χ0) is 9.68. The summed E-state index contributed by atoms with van der Waals surface area (Å²) in [6.45, 7) is 2.14. The van der Waals surface area contributed by atoms with E-state index in [0.717, 1.165) is 6.54 Å². The molecule has 0 spiro atoms. The number of hydrogen-bond donors (Lipinski definition) is 1. The van der Waals surface area contributed by atoms with Gasteiger partial charge in [0.25, 0.3) is 0 Å². The van der Waals surface area contributed by atoms with Crippen molar-refractivity contribution in [1.82, 2.24) is 4.90 Å². The van der Waals surface area contributed by atoms with E-state index in [1.165, 1.54) is 12.8 Å². The highest BCUT2D eigenvalue weighted by molar-refractivity contribution is 5.66. The Morgan fingerprint density at radius 2 is 2.46 bits per heavy atom. The molecule has 0 radical (unpaired) electrons. The maximum atomic E-state index is 10.2. The van der Waals surface area contributed by atoms with E-state index < -0.39 is 5.97 Å². The minimum atomic E-state index is -0.792. The lowest BCUT2D eigenvalue weighted by Gasteiger charge is -2.18. The highest BCUT2D eigenvalue weighted by Crippen LogP contribution is 2.14. The molecule has 76 valence electrons. The van der Waals surface area contributed by atoms with E-state index in [9.17, 15) is 4.79 Å². The average Bonchev–Trinajstić information content (AvgIpc) is 2.45.